The van der Waals surface area contributed by atoms with Crippen molar-refractivity contribution in [3.05, 3.63) is 228 Å². The van der Waals surface area contributed by atoms with Gasteiger partial charge in [-0.3, -0.25) is 13.8 Å². The molecule has 0 radical (unpaired) electrons. The van der Waals surface area contributed by atoms with Crippen LogP contribution in [0.4, 0.5) is 60.3 Å². The molecule has 0 aliphatic rings. The van der Waals surface area contributed by atoms with E-state index in [9.17, 15) is 124 Å². The van der Waals surface area contributed by atoms with E-state index in [-0.39, 0.29) is 34.1 Å². The van der Waals surface area contributed by atoms with E-state index in [4.69, 9.17) is 41.2 Å². The smallest absolute Gasteiger partial charge is 0.485 e. The van der Waals surface area contributed by atoms with Crippen LogP contribution in [0.5, 0.6) is 0 Å². The predicted octanol–water partition coefficient (Wildman–Crippen LogP) is 3.64. The van der Waals surface area contributed by atoms with Crippen LogP contribution in [0.2, 0.25) is 0 Å². The Bertz CT molecular complexity index is 4160. The van der Waals surface area contributed by atoms with E-state index in [1.54, 1.807) is 78.4 Å². The van der Waals surface area contributed by atoms with Crippen LogP contribution in [0.3, 0.4) is 0 Å². The molecule has 1 heterocycles. The first-order valence-corrected chi connectivity index (χ1v) is 33.9. The second-order valence-electron chi connectivity index (χ2n) is 16.8. The number of hydrogen-bond donors (Lipinski definition) is 0. The molecule has 1 unspecified atom stereocenters. The number of Topliss-reactive ketones (excluding diaryl/α,β-unsaturated/α-hetero) is 1. The molecule has 97 heavy (non-hydrogen) atoms. The van der Waals surface area contributed by atoms with Crippen molar-refractivity contribution in [3.8, 4) is 11.1 Å². The molecule has 538 valence electrons. The molecular weight excluding hydrogens is 1500 g/mol. The van der Waals surface area contributed by atoms with Crippen molar-refractivity contribution in [2.24, 2.45) is 0 Å². The summed E-state index contributed by atoms with van der Waals surface area (Å²) in [6.45, 7) is 7.42. The van der Waals surface area contributed by atoms with E-state index >= 15 is 0 Å². The van der Waals surface area contributed by atoms with Gasteiger partial charge >= 0.3 is 44.5 Å². The number of benzene rings is 6. The fourth-order valence-corrected chi connectivity index (χ4v) is 7.01. The second-order valence-corrected chi connectivity index (χ2v) is 26.3. The molecule has 45 heteroatoms. The number of carbonyl (C=O) groups excluding carboxylic acids is 4. The number of aliphatic carboxylic acids is 1. The number of alkyl halides is 3. The first-order chi connectivity index (χ1) is 43.7. The number of rotatable bonds is 12. The van der Waals surface area contributed by atoms with E-state index in [1.807, 2.05) is 49.6 Å². The van der Waals surface area contributed by atoms with Crippen molar-refractivity contribution in [2.45, 2.75) is 34.0 Å². The topological polar surface area (TPSA) is 441 Å². The number of carboxylic acid groups (broad SMARTS) is 2. The van der Waals surface area contributed by atoms with Gasteiger partial charge in [-0.05, 0) is 74.8 Å². The molecule has 1 atom stereocenters. The Labute approximate surface area is 546 Å². The summed E-state index contributed by atoms with van der Waals surface area (Å²) in [6.07, 6.45) is 3.64. The molecule has 1 aromatic heterocycles. The third-order valence-corrected chi connectivity index (χ3v) is 12.8. The van der Waals surface area contributed by atoms with Crippen molar-refractivity contribution in [2.75, 3.05) is 13.2 Å². The Hall–Kier alpha value is -8.27. The van der Waals surface area contributed by atoms with E-state index in [2.05, 4.69) is 29.9 Å². The maximum Gasteiger partial charge on any atom is 0.485 e. The number of esters is 1. The van der Waals surface area contributed by atoms with Crippen molar-refractivity contribution in [1.29, 1.82) is 0 Å². The van der Waals surface area contributed by atoms with Crippen LogP contribution in [0.15, 0.2) is 197 Å². The molecule has 7 rings (SSSR count). The number of carboxylic acids is 2. The Kier molecular flexibility index (Phi) is 35.6. The van der Waals surface area contributed by atoms with Crippen LogP contribution < -0.4 is 38.4 Å². The fraction of sp³-hybridized carbons (Fsp3) is 0.0962. The molecule has 7 aromatic rings. The van der Waals surface area contributed by atoms with Crippen LogP contribution >= 0.6 is 7.81 Å². The second kappa shape index (κ2) is 38.0. The third-order valence-electron chi connectivity index (χ3n) is 9.09. The number of aryl methyl sites for hydroxylation is 1. The van der Waals surface area contributed by atoms with Gasteiger partial charge in [-0.1, -0.05) is 133 Å². The summed E-state index contributed by atoms with van der Waals surface area (Å²) in [5.74, 6) is -17.0. The Morgan fingerprint density at radius 2 is 0.866 bits per heavy atom. The zero-order valence-electron chi connectivity index (χ0n) is 47.8. The van der Waals surface area contributed by atoms with E-state index in [0.717, 1.165) is 16.7 Å². The average Bonchev–Trinajstić information content (AvgIpc) is 0.786. The molecule has 0 saturated carbocycles. The molecule has 0 aliphatic heterocycles. The summed E-state index contributed by atoms with van der Waals surface area (Å²) in [4.78, 5) is 45.1. The minimum atomic E-state index is -10.7. The van der Waals surface area contributed by atoms with Crippen molar-refractivity contribution < 1.29 is 181 Å². The van der Waals surface area contributed by atoms with Gasteiger partial charge in [0.25, 0.3) is 0 Å². The van der Waals surface area contributed by atoms with Gasteiger partial charge in [0.15, 0.2) is 40.0 Å². The van der Waals surface area contributed by atoms with Crippen LogP contribution in [0.1, 0.15) is 33.2 Å². The van der Waals surface area contributed by atoms with Crippen LogP contribution in [-0.2, 0) is 64.6 Å². The molecular formula is C52H40ClF14NO23PS5-7. The first kappa shape index (κ1) is 90.8. The van der Waals surface area contributed by atoms with Gasteiger partial charge in [-0.25, -0.2) is 70.6 Å². The predicted molar refractivity (Wildman–Crippen MR) is 289 cm³/mol. The van der Waals surface area contributed by atoms with Gasteiger partial charge in [0, 0.05) is 32.9 Å². The van der Waals surface area contributed by atoms with E-state index < -0.39 is 120 Å². The molecule has 0 saturated heterocycles. The Balaban J connectivity index is 0. The number of aromatic nitrogens is 1. The number of ketones is 1. The molecule has 24 nitrogen and oxygen atoms in total. The average molecular weight is 1540 g/mol. The summed E-state index contributed by atoms with van der Waals surface area (Å²) in [5.41, 5.74) is -1.70. The molecule has 0 aliphatic carbocycles. The van der Waals surface area contributed by atoms with Crippen molar-refractivity contribution in [3.63, 3.8) is 0 Å². The summed E-state index contributed by atoms with van der Waals surface area (Å²) >= 11 is 4.22. The van der Waals surface area contributed by atoms with Gasteiger partial charge in [0.05, 0.1) is 10.9 Å². The maximum absolute atomic E-state index is 12.6. The number of ether oxygens (including phenoxy) is 1. The monoisotopic (exact) mass is 1540 g/mol. The zero-order chi connectivity index (χ0) is 76.0. The van der Waals surface area contributed by atoms with Crippen LogP contribution in [0.25, 0.3) is 11.1 Å². The van der Waals surface area contributed by atoms with Crippen LogP contribution in [-0.4, -0.2) is 90.1 Å². The first-order valence-electron chi connectivity index (χ1n) is 24.0. The molecule has 0 fully saturated rings. The van der Waals surface area contributed by atoms with E-state index in [1.165, 1.54) is 48.5 Å². The molecule has 0 amide bonds. The van der Waals surface area contributed by atoms with Crippen molar-refractivity contribution in [1.82, 2.24) is 0 Å². The van der Waals surface area contributed by atoms with Gasteiger partial charge in [-0.2, -0.15) is 13.2 Å². The Morgan fingerprint density at radius 3 is 1.15 bits per heavy atom. The standard InChI is InChI=1S/C17H18NO3.C8H6O3.C7H8O3S.C7H6O2.C6HF5O3S.C6H6O2S2.CHF3O3S.ClHO4.F6P/c1-14(2)17(19)20-12-13-21-18-10-8-16(9-11-18)15-6-4-3-5-7-15;9-7(8(10)11)6-4-2-1-3-5-6;1-6-2-4-7(5-3-6)11(8,9)10;8-7(9)6-4-2-1-3-5-6;7-1-2(8)4(10)6(15(12,13)14)5(11)3(1)9;7-10(8,9)6-4-2-1-3-5-6;2-1(3,4)8(5,6)7;2-1(3,4)5;1-7(2,3,4,5)6/h3-11H,1,12-13H2,2H3;1-5H,(H,10,11);2-5H,1H3,(H,8,9,10);1-5H,(H,8,9);(H,12,13,14);1-5H,(H,7,8,9);(H,5,6,7);(H,2,3,4,5);/q+1;;;;;;;;-1/p-7. The largest absolute Gasteiger partial charge is 0.766 e. The number of nitrogens with zero attached hydrogens (tertiary/aromatic N) is 1. The number of halogens is 15. The summed E-state index contributed by atoms with van der Waals surface area (Å²) < 4.78 is 304. The van der Waals surface area contributed by atoms with Gasteiger partial charge in [0.2, 0.25) is 24.0 Å². The minimum absolute atomic E-state index is 0.146. The SMILES string of the molecule is C=C(C)C(=O)OCCO[n+]1ccc(-c2ccccc2)cc1.Cc1ccc(S(=O)(=O)[O-])cc1.F[P-](F)(F)(F)(F)F.O=C([O-])C(=O)c1ccccc1.O=C([O-])c1ccccc1.O=S(=O)([O-])C(F)(F)F.O=S(=O)([O-])c1c(F)c(F)c(F)c(F)c1F.O=S([O-])(=S)c1ccccc1.[O-][Cl+3]([O-])([O-])[O-]. The van der Waals surface area contributed by atoms with Gasteiger partial charge in [-0.15, -0.1) is 10.2 Å². The molecule has 0 spiro atoms. The molecule has 6 aromatic carbocycles. The summed E-state index contributed by atoms with van der Waals surface area (Å²) in [6, 6.07) is 43.6. The Morgan fingerprint density at radius 1 is 0.536 bits per heavy atom. The van der Waals surface area contributed by atoms with Gasteiger partial charge in [0.1, 0.15) is 37.7 Å². The normalized spacial score (nSPS) is 12.2. The van der Waals surface area contributed by atoms with Crippen LogP contribution in [0, 0.1) is 46.3 Å². The van der Waals surface area contributed by atoms with Gasteiger partial charge < -0.3 is 42.7 Å². The number of carbonyl (C=O) groups is 4. The zero-order valence-corrected chi connectivity index (χ0v) is 53.5. The van der Waals surface area contributed by atoms with Crippen molar-refractivity contribution >= 4 is 81.8 Å². The quantitative estimate of drug-likeness (QED) is 0.0137. The minimum Gasteiger partial charge on any atom is -0.766 e. The molecule has 0 N–H and O–H groups in total. The fourth-order valence-electron chi connectivity index (χ4n) is 5.10. The third kappa shape index (κ3) is 43.5. The summed E-state index contributed by atoms with van der Waals surface area (Å²) in [7, 11) is -35.2. The number of aromatic carboxylic acids is 1. The van der Waals surface area contributed by atoms with E-state index in [0.29, 0.717) is 5.57 Å². The number of hydrogen-bond acceptors (Lipinski definition) is 24. The molecule has 0 bridgehead atoms. The summed E-state index contributed by atoms with van der Waals surface area (Å²) in [5, 5.41) is 20.1. The maximum atomic E-state index is 12.6. The number of pyridine rings is 1.